The molecule has 0 aliphatic carbocycles. The van der Waals surface area contributed by atoms with Gasteiger partial charge in [-0.2, -0.15) is 0 Å². The zero-order chi connectivity index (χ0) is 14.4. The predicted molar refractivity (Wildman–Crippen MR) is 79.0 cm³/mol. The predicted octanol–water partition coefficient (Wildman–Crippen LogP) is 4.44. The summed E-state index contributed by atoms with van der Waals surface area (Å²) in [6, 6.07) is 14.2. The minimum Gasteiger partial charge on any atom is -0.322 e. The molecule has 0 radical (unpaired) electrons. The van der Waals surface area contributed by atoms with Crippen LogP contribution in [0.1, 0.15) is 22.8 Å². The van der Waals surface area contributed by atoms with Crippen LogP contribution in [0.4, 0.5) is 11.4 Å². The van der Waals surface area contributed by atoms with Crippen LogP contribution in [0.3, 0.4) is 0 Å². The second kappa shape index (κ2) is 6.41. The van der Waals surface area contributed by atoms with Crippen LogP contribution in [0.15, 0.2) is 53.6 Å². The Bertz CT molecular complexity index is 658. The molecule has 0 saturated heterocycles. The zero-order valence-electron chi connectivity index (χ0n) is 11.1. The van der Waals surface area contributed by atoms with Crippen LogP contribution < -0.4 is 5.32 Å². The number of rotatable bonds is 4. The quantitative estimate of drug-likeness (QED) is 0.495. The fourth-order valence-corrected chi connectivity index (χ4v) is 1.88. The van der Waals surface area contributed by atoms with E-state index in [9.17, 15) is 4.79 Å². The lowest BCUT2D eigenvalue weighted by Gasteiger charge is -2.09. The fraction of sp³-hybridized carbons (Fsp3) is 0.133. The second-order valence-electron chi connectivity index (χ2n) is 4.20. The van der Waals surface area contributed by atoms with Crippen LogP contribution >= 0.6 is 0 Å². The van der Waals surface area contributed by atoms with E-state index in [2.05, 4.69) is 15.3 Å². The van der Waals surface area contributed by atoms with Gasteiger partial charge in [-0.15, -0.1) is 0 Å². The summed E-state index contributed by atoms with van der Waals surface area (Å²) < 4.78 is 0. The van der Waals surface area contributed by atoms with Crippen molar-refractivity contribution in [1.82, 2.24) is 0 Å². The standard InChI is InChI=1S/C15H14N4O/c1-2-11-5-3-4-6-14(11)17-15(20)12-7-9-13(10-8-12)18-19-16/h3-10H,2H2,1H3,(H,17,20). The Morgan fingerprint density at radius 2 is 1.90 bits per heavy atom. The van der Waals surface area contributed by atoms with E-state index in [1.807, 2.05) is 31.2 Å². The van der Waals surface area contributed by atoms with Gasteiger partial charge in [0.2, 0.25) is 0 Å². The van der Waals surface area contributed by atoms with Crippen molar-refractivity contribution in [3.63, 3.8) is 0 Å². The number of para-hydroxylation sites is 1. The van der Waals surface area contributed by atoms with Crippen LogP contribution in [0.25, 0.3) is 10.4 Å². The van der Waals surface area contributed by atoms with Gasteiger partial charge < -0.3 is 5.32 Å². The first kappa shape index (κ1) is 13.6. The Morgan fingerprint density at radius 1 is 1.20 bits per heavy atom. The lowest BCUT2D eigenvalue weighted by molar-refractivity contribution is 0.102. The Balaban J connectivity index is 2.17. The highest BCUT2D eigenvalue weighted by atomic mass is 16.1. The lowest BCUT2D eigenvalue weighted by atomic mass is 10.1. The van der Waals surface area contributed by atoms with E-state index in [0.29, 0.717) is 11.3 Å². The average Bonchev–Trinajstić information content (AvgIpc) is 2.49. The molecule has 0 spiro atoms. The maximum atomic E-state index is 12.1. The summed E-state index contributed by atoms with van der Waals surface area (Å²) in [5.41, 5.74) is 11.2. The van der Waals surface area contributed by atoms with Gasteiger partial charge in [0.25, 0.3) is 5.91 Å². The van der Waals surface area contributed by atoms with Gasteiger partial charge >= 0.3 is 0 Å². The topological polar surface area (TPSA) is 77.9 Å². The molecule has 1 N–H and O–H groups in total. The molecule has 100 valence electrons. The van der Waals surface area contributed by atoms with Gasteiger partial charge in [0, 0.05) is 21.8 Å². The third-order valence-electron chi connectivity index (χ3n) is 2.94. The Kier molecular flexibility index (Phi) is 4.37. The number of amides is 1. The highest BCUT2D eigenvalue weighted by Crippen LogP contribution is 2.18. The molecule has 0 aliphatic heterocycles. The first-order chi connectivity index (χ1) is 9.74. The molecule has 0 aliphatic rings. The Morgan fingerprint density at radius 3 is 2.55 bits per heavy atom. The summed E-state index contributed by atoms with van der Waals surface area (Å²) in [5, 5.41) is 6.35. The highest BCUT2D eigenvalue weighted by Gasteiger charge is 2.07. The summed E-state index contributed by atoms with van der Waals surface area (Å²) >= 11 is 0. The fourth-order valence-electron chi connectivity index (χ4n) is 1.88. The zero-order valence-corrected chi connectivity index (χ0v) is 11.1. The molecule has 0 fully saturated rings. The number of nitrogens with zero attached hydrogens (tertiary/aromatic N) is 3. The van der Waals surface area contributed by atoms with Gasteiger partial charge in [-0.25, -0.2) is 0 Å². The average molecular weight is 266 g/mol. The van der Waals surface area contributed by atoms with Gasteiger partial charge in [-0.3, -0.25) is 4.79 Å². The van der Waals surface area contributed by atoms with Gasteiger partial charge in [-0.05, 0) is 35.7 Å². The molecular formula is C15H14N4O. The lowest BCUT2D eigenvalue weighted by Crippen LogP contribution is -2.12. The van der Waals surface area contributed by atoms with Crippen molar-refractivity contribution in [2.24, 2.45) is 5.11 Å². The van der Waals surface area contributed by atoms with E-state index < -0.39 is 0 Å². The number of hydrogen-bond donors (Lipinski definition) is 1. The molecule has 2 aromatic rings. The van der Waals surface area contributed by atoms with Crippen LogP contribution in [-0.2, 0) is 6.42 Å². The molecule has 2 rings (SSSR count). The second-order valence-corrected chi connectivity index (χ2v) is 4.20. The number of azide groups is 1. The van der Waals surface area contributed by atoms with Gasteiger partial charge in [-0.1, -0.05) is 42.4 Å². The summed E-state index contributed by atoms with van der Waals surface area (Å²) in [7, 11) is 0. The van der Waals surface area contributed by atoms with E-state index in [1.54, 1.807) is 24.3 Å². The van der Waals surface area contributed by atoms with Crippen LogP contribution in [-0.4, -0.2) is 5.91 Å². The van der Waals surface area contributed by atoms with E-state index >= 15 is 0 Å². The maximum absolute atomic E-state index is 12.1. The SMILES string of the molecule is CCc1ccccc1NC(=O)c1ccc(N=[N+]=[N-])cc1. The molecule has 0 saturated carbocycles. The molecule has 2 aromatic carbocycles. The maximum Gasteiger partial charge on any atom is 0.255 e. The normalized spacial score (nSPS) is 9.65. The van der Waals surface area contributed by atoms with Crippen LogP contribution in [0, 0.1) is 0 Å². The third-order valence-corrected chi connectivity index (χ3v) is 2.94. The van der Waals surface area contributed by atoms with Gasteiger partial charge in [0.05, 0.1) is 0 Å². The largest absolute Gasteiger partial charge is 0.322 e. The number of carbonyl (C=O) groups excluding carboxylic acids is 1. The highest BCUT2D eigenvalue weighted by molar-refractivity contribution is 6.04. The Labute approximate surface area is 116 Å². The summed E-state index contributed by atoms with van der Waals surface area (Å²) in [6.45, 7) is 2.04. The molecule has 0 atom stereocenters. The number of aryl methyl sites for hydroxylation is 1. The van der Waals surface area contributed by atoms with Crippen molar-refractivity contribution in [1.29, 1.82) is 0 Å². The van der Waals surface area contributed by atoms with E-state index in [4.69, 9.17) is 5.53 Å². The van der Waals surface area contributed by atoms with Crippen molar-refractivity contribution >= 4 is 17.3 Å². The molecule has 0 aromatic heterocycles. The summed E-state index contributed by atoms with van der Waals surface area (Å²) in [5.74, 6) is -0.182. The molecule has 0 heterocycles. The number of carbonyl (C=O) groups is 1. The molecule has 20 heavy (non-hydrogen) atoms. The molecule has 5 nitrogen and oxygen atoms in total. The molecular weight excluding hydrogens is 252 g/mol. The van der Waals surface area contributed by atoms with Crippen molar-refractivity contribution < 1.29 is 4.79 Å². The van der Waals surface area contributed by atoms with E-state index in [0.717, 1.165) is 17.7 Å². The monoisotopic (exact) mass is 266 g/mol. The number of anilines is 1. The molecule has 5 heteroatoms. The first-order valence-corrected chi connectivity index (χ1v) is 6.29. The van der Waals surface area contributed by atoms with Crippen LogP contribution in [0.2, 0.25) is 0 Å². The number of nitrogens with one attached hydrogen (secondary N) is 1. The number of benzene rings is 2. The molecule has 0 bridgehead atoms. The van der Waals surface area contributed by atoms with Gasteiger partial charge in [0.1, 0.15) is 0 Å². The molecule has 1 amide bonds. The van der Waals surface area contributed by atoms with Gasteiger partial charge in [0.15, 0.2) is 0 Å². The van der Waals surface area contributed by atoms with E-state index in [1.165, 1.54) is 0 Å². The van der Waals surface area contributed by atoms with Crippen LogP contribution in [0.5, 0.6) is 0 Å². The minimum atomic E-state index is -0.182. The smallest absolute Gasteiger partial charge is 0.255 e. The Hall–Kier alpha value is -2.78. The molecule has 0 unspecified atom stereocenters. The summed E-state index contributed by atoms with van der Waals surface area (Å²) in [6.07, 6.45) is 0.853. The minimum absolute atomic E-state index is 0.182. The van der Waals surface area contributed by atoms with Crippen molar-refractivity contribution in [3.8, 4) is 0 Å². The first-order valence-electron chi connectivity index (χ1n) is 6.29. The van der Waals surface area contributed by atoms with Crippen molar-refractivity contribution in [3.05, 3.63) is 70.1 Å². The number of hydrogen-bond acceptors (Lipinski definition) is 2. The van der Waals surface area contributed by atoms with Crippen molar-refractivity contribution in [2.75, 3.05) is 5.32 Å². The van der Waals surface area contributed by atoms with Crippen molar-refractivity contribution in [2.45, 2.75) is 13.3 Å². The van der Waals surface area contributed by atoms with E-state index in [-0.39, 0.29) is 5.91 Å². The third kappa shape index (κ3) is 3.16. The summed E-state index contributed by atoms with van der Waals surface area (Å²) in [4.78, 5) is 14.8.